The zero-order valence-electron chi connectivity index (χ0n) is 41.4. The van der Waals surface area contributed by atoms with Crippen LogP contribution in [0.15, 0.2) is 91.1 Å². The van der Waals surface area contributed by atoms with Crippen LogP contribution in [0.1, 0.15) is 94.1 Å². The van der Waals surface area contributed by atoms with Crippen molar-refractivity contribution in [2.45, 2.75) is 104 Å². The van der Waals surface area contributed by atoms with Gasteiger partial charge in [0.1, 0.15) is 36.1 Å². The van der Waals surface area contributed by atoms with Crippen molar-refractivity contribution in [3.8, 4) is 39.3 Å². The number of nitrogens with zero attached hydrogens (tertiary/aromatic N) is 9. The Morgan fingerprint density at radius 1 is 0.903 bits per heavy atom. The third kappa shape index (κ3) is 9.85. The number of rotatable bonds is 15. The number of pyridine rings is 1. The SMILES string of the molecule is Cc1ncsc1-c1ccc([C@H](C)NC(=O)[C@@H]2CC(O)CN2C(=O)[C@H](C(C)C)n2cc(-c3ccnc(OC4CN(c5ncc(C(=O)NC6C(C)(C)C(Oc7ccc(C#N)c(Cl)c7)C6(C)C)cn5)C4)c3)cn2)cc1. The second kappa shape index (κ2) is 19.9. The number of aryl methyl sites for hydroxylation is 1. The molecular weight excluding hydrogens is 954 g/mol. The number of aliphatic hydroxyl groups excluding tert-OH is 1. The van der Waals surface area contributed by atoms with Gasteiger partial charge in [0.2, 0.25) is 23.6 Å². The van der Waals surface area contributed by atoms with Gasteiger partial charge in [0, 0.05) is 72.3 Å². The summed E-state index contributed by atoms with van der Waals surface area (Å²) in [7, 11) is 0. The van der Waals surface area contributed by atoms with Crippen LogP contribution < -0.4 is 25.0 Å². The fourth-order valence-electron chi connectivity index (χ4n) is 10.6. The zero-order valence-corrected chi connectivity index (χ0v) is 43.0. The number of hydrogen-bond acceptors (Lipinski definition) is 14. The van der Waals surface area contributed by atoms with Crippen LogP contribution in [0, 0.1) is 35.0 Å². The summed E-state index contributed by atoms with van der Waals surface area (Å²) in [4.78, 5) is 64.0. The van der Waals surface area contributed by atoms with Crippen LogP contribution in [-0.2, 0) is 9.59 Å². The Morgan fingerprint density at radius 2 is 1.62 bits per heavy atom. The number of likely N-dealkylation sites (tertiary alicyclic amines) is 1. The molecule has 19 heteroatoms. The summed E-state index contributed by atoms with van der Waals surface area (Å²) in [6.07, 6.45) is 7.08. The molecule has 0 spiro atoms. The summed E-state index contributed by atoms with van der Waals surface area (Å²) in [5.41, 5.74) is 6.18. The van der Waals surface area contributed by atoms with Crippen molar-refractivity contribution in [3.05, 3.63) is 118 Å². The molecule has 374 valence electrons. The van der Waals surface area contributed by atoms with Gasteiger partial charge in [0.05, 0.1) is 63.7 Å². The van der Waals surface area contributed by atoms with E-state index >= 15 is 0 Å². The lowest BCUT2D eigenvalue weighted by Crippen LogP contribution is -2.74. The van der Waals surface area contributed by atoms with Crippen molar-refractivity contribution in [2.24, 2.45) is 16.7 Å². The van der Waals surface area contributed by atoms with E-state index in [0.717, 1.165) is 32.8 Å². The molecule has 4 atom stereocenters. The minimum absolute atomic E-state index is 0.0414. The molecule has 17 nitrogen and oxygen atoms in total. The maximum absolute atomic E-state index is 14.4. The molecule has 3 fully saturated rings. The van der Waals surface area contributed by atoms with Gasteiger partial charge in [0.15, 0.2) is 0 Å². The Bertz CT molecular complexity index is 3000. The Morgan fingerprint density at radius 3 is 2.28 bits per heavy atom. The number of hydrogen-bond donors (Lipinski definition) is 3. The molecule has 0 radical (unpaired) electrons. The minimum Gasteiger partial charge on any atom is -0.489 e. The molecule has 1 unspecified atom stereocenters. The first-order valence-corrected chi connectivity index (χ1v) is 25.3. The van der Waals surface area contributed by atoms with Crippen molar-refractivity contribution in [3.63, 3.8) is 0 Å². The predicted octanol–water partition coefficient (Wildman–Crippen LogP) is 7.61. The van der Waals surface area contributed by atoms with Gasteiger partial charge in [-0.1, -0.05) is 77.4 Å². The second-order valence-electron chi connectivity index (χ2n) is 20.5. The first-order valence-electron chi connectivity index (χ1n) is 24.0. The van der Waals surface area contributed by atoms with E-state index in [1.54, 1.807) is 46.6 Å². The molecule has 2 aliphatic heterocycles. The normalized spacial score (nSPS) is 21.0. The third-order valence-electron chi connectivity index (χ3n) is 14.2. The number of ether oxygens (including phenoxy) is 2. The predicted molar refractivity (Wildman–Crippen MR) is 272 cm³/mol. The second-order valence-corrected chi connectivity index (χ2v) is 21.8. The number of anilines is 1. The molecule has 9 rings (SSSR count). The average Bonchev–Trinajstić information content (AvgIpc) is 4.11. The van der Waals surface area contributed by atoms with Crippen LogP contribution in [-0.4, -0.2) is 107 Å². The number of nitriles is 1. The van der Waals surface area contributed by atoms with Gasteiger partial charge in [-0.05, 0) is 54.7 Å². The lowest BCUT2D eigenvalue weighted by Gasteiger charge is -2.63. The summed E-state index contributed by atoms with van der Waals surface area (Å²) < 4.78 is 14.3. The number of carbonyl (C=O) groups is 3. The van der Waals surface area contributed by atoms with Gasteiger partial charge in [-0.15, -0.1) is 11.3 Å². The summed E-state index contributed by atoms with van der Waals surface area (Å²) in [5.74, 6) is 0.366. The monoisotopic (exact) mass is 1010 g/mol. The van der Waals surface area contributed by atoms with Crippen LogP contribution in [0.25, 0.3) is 21.6 Å². The van der Waals surface area contributed by atoms with Gasteiger partial charge < -0.3 is 35.0 Å². The number of halogens is 1. The number of carbonyl (C=O) groups excluding carboxylic acids is 3. The van der Waals surface area contributed by atoms with Crippen molar-refractivity contribution >= 4 is 46.6 Å². The lowest BCUT2D eigenvalue weighted by molar-refractivity contribution is -0.164. The van der Waals surface area contributed by atoms with Gasteiger partial charge in [0.25, 0.3) is 5.91 Å². The highest BCUT2D eigenvalue weighted by atomic mass is 35.5. The molecule has 1 saturated carbocycles. The number of benzene rings is 2. The Kier molecular flexibility index (Phi) is 13.8. The number of thiazole rings is 1. The molecule has 3 aliphatic rings. The summed E-state index contributed by atoms with van der Waals surface area (Å²) in [6.45, 7) is 17.0. The fourth-order valence-corrected chi connectivity index (χ4v) is 11.7. The molecular formula is C53H58ClN11O6S. The minimum atomic E-state index is -0.844. The maximum atomic E-state index is 14.4. The highest BCUT2D eigenvalue weighted by molar-refractivity contribution is 7.13. The van der Waals surface area contributed by atoms with Gasteiger partial charge in [-0.3, -0.25) is 19.1 Å². The van der Waals surface area contributed by atoms with Crippen LogP contribution >= 0.6 is 22.9 Å². The van der Waals surface area contributed by atoms with E-state index < -0.39 is 29.0 Å². The topological polar surface area (TPSA) is 214 Å². The van der Waals surface area contributed by atoms with Crippen molar-refractivity contribution in [2.75, 3.05) is 24.5 Å². The molecule has 0 bridgehead atoms. The number of nitrogens with one attached hydrogen (secondary N) is 2. The lowest BCUT2D eigenvalue weighted by atomic mass is 9.49. The van der Waals surface area contributed by atoms with E-state index in [2.05, 4.69) is 41.7 Å². The quantitative estimate of drug-likeness (QED) is 0.0905. The molecule has 4 aromatic heterocycles. The fraction of sp³-hybridized carbons (Fsp3) is 0.415. The van der Waals surface area contributed by atoms with Crippen LogP contribution in [0.4, 0.5) is 5.95 Å². The Hall–Kier alpha value is -6.94. The van der Waals surface area contributed by atoms with E-state index in [4.69, 9.17) is 21.1 Å². The summed E-state index contributed by atoms with van der Waals surface area (Å²) in [6, 6.07) is 16.6. The van der Waals surface area contributed by atoms with E-state index in [-0.39, 0.29) is 60.9 Å². The van der Waals surface area contributed by atoms with Crippen molar-refractivity contribution < 1.29 is 29.0 Å². The summed E-state index contributed by atoms with van der Waals surface area (Å²) in [5, 5.41) is 31.2. The number of aromatic nitrogens is 6. The molecule has 2 aromatic carbocycles. The molecule has 72 heavy (non-hydrogen) atoms. The Balaban J connectivity index is 0.776. The highest BCUT2D eigenvalue weighted by Gasteiger charge is 2.64. The van der Waals surface area contributed by atoms with Crippen LogP contribution in [0.3, 0.4) is 0 Å². The Labute approximate surface area is 427 Å². The molecule has 6 aromatic rings. The average molecular weight is 1010 g/mol. The molecule has 3 N–H and O–H groups in total. The van der Waals surface area contributed by atoms with Gasteiger partial charge in [-0.2, -0.15) is 10.4 Å². The highest BCUT2D eigenvalue weighted by Crippen LogP contribution is 2.55. The third-order valence-corrected chi connectivity index (χ3v) is 15.5. The maximum Gasteiger partial charge on any atom is 0.254 e. The first-order chi connectivity index (χ1) is 34.3. The number of β-amino-alcohol motifs (C(OH)–C–C–N with tert-alkyl or cyclic N) is 1. The molecule has 2 saturated heterocycles. The van der Waals surface area contributed by atoms with Gasteiger partial charge in [-0.25, -0.2) is 19.9 Å². The zero-order chi connectivity index (χ0) is 51.2. The first kappa shape index (κ1) is 50.0. The van der Waals surface area contributed by atoms with E-state index in [1.807, 2.05) is 108 Å². The summed E-state index contributed by atoms with van der Waals surface area (Å²) >= 11 is 7.84. The number of aliphatic hydroxyl groups is 1. The van der Waals surface area contributed by atoms with E-state index in [0.29, 0.717) is 46.8 Å². The van der Waals surface area contributed by atoms with Crippen molar-refractivity contribution in [1.29, 1.82) is 5.26 Å². The van der Waals surface area contributed by atoms with Crippen LogP contribution in [0.2, 0.25) is 5.02 Å². The van der Waals surface area contributed by atoms with E-state index in [1.165, 1.54) is 17.3 Å². The van der Waals surface area contributed by atoms with Crippen LogP contribution in [0.5, 0.6) is 11.6 Å². The van der Waals surface area contributed by atoms with Crippen molar-refractivity contribution in [1.82, 2.24) is 45.2 Å². The largest absolute Gasteiger partial charge is 0.489 e. The standard InChI is InChI=1S/C53H58ClN11O6S/c1-29(2)44(48(69)64-25-38(66)18-42(64)47(68)61-30(3)32-9-11-33(12-10-32)45-31(4)59-28-72-45)65-24-37(23-60-65)34-15-16-56-43(17-34)70-40-26-63(27-40)51-57-21-36(22-58-51)46(67)62-49-52(5,6)50(53(49,7)8)71-39-14-13-35(20-55)41(54)19-39/h9-17,19,21-24,28-30,38,40,42,44,49-50,66H,18,25-27H2,1-8H3,(H,61,68)(H,62,67)/t30-,38?,42-,44-,49?,50?/m0/s1. The molecule has 6 heterocycles. The number of amides is 3. The smallest absolute Gasteiger partial charge is 0.254 e. The molecule has 1 aliphatic carbocycles. The van der Waals surface area contributed by atoms with Gasteiger partial charge >= 0.3 is 0 Å². The van der Waals surface area contributed by atoms with E-state index in [9.17, 15) is 24.8 Å². The molecule has 3 amide bonds.